The van der Waals surface area contributed by atoms with Crippen LogP contribution in [0.4, 0.5) is 0 Å². The lowest BCUT2D eigenvalue weighted by Crippen LogP contribution is -2.72. The molecular weight excluding hydrogens is 252 g/mol. The molecule has 4 nitrogen and oxygen atoms in total. The van der Waals surface area contributed by atoms with Crippen LogP contribution in [0.2, 0.25) is 0 Å². The summed E-state index contributed by atoms with van der Waals surface area (Å²) in [6, 6.07) is 8.35. The van der Waals surface area contributed by atoms with Crippen molar-refractivity contribution in [2.75, 3.05) is 13.7 Å². The number of hydrogen-bond acceptors (Lipinski definition) is 3. The molecule has 1 amide bonds. The van der Waals surface area contributed by atoms with Gasteiger partial charge in [0, 0.05) is 19.5 Å². The Morgan fingerprint density at radius 1 is 1.50 bits per heavy atom. The maximum Gasteiger partial charge on any atom is 0.220 e. The molecule has 2 aliphatic rings. The van der Waals surface area contributed by atoms with Gasteiger partial charge in [0.05, 0.1) is 18.7 Å². The van der Waals surface area contributed by atoms with Crippen molar-refractivity contribution in [2.24, 2.45) is 0 Å². The normalized spacial score (nSPS) is 29.1. The van der Waals surface area contributed by atoms with Gasteiger partial charge in [-0.1, -0.05) is 18.2 Å². The van der Waals surface area contributed by atoms with Crippen LogP contribution in [-0.2, 0) is 11.3 Å². The fourth-order valence-electron chi connectivity index (χ4n) is 3.37. The first-order chi connectivity index (χ1) is 9.66. The second-order valence-corrected chi connectivity index (χ2v) is 5.64. The van der Waals surface area contributed by atoms with Crippen LogP contribution >= 0.6 is 0 Å². The lowest BCUT2D eigenvalue weighted by atomic mass is 9.78. The van der Waals surface area contributed by atoms with E-state index >= 15 is 0 Å². The molecule has 1 N–H and O–H groups in total. The van der Waals surface area contributed by atoms with Gasteiger partial charge in [-0.05, 0) is 24.1 Å². The van der Waals surface area contributed by atoms with E-state index in [9.17, 15) is 4.79 Å². The van der Waals surface area contributed by atoms with Gasteiger partial charge in [0.2, 0.25) is 5.91 Å². The van der Waals surface area contributed by atoms with Gasteiger partial charge in [0.25, 0.3) is 0 Å². The Kier molecular flexibility index (Phi) is 3.26. The van der Waals surface area contributed by atoms with Gasteiger partial charge in [-0.15, -0.1) is 6.58 Å². The molecule has 1 aromatic rings. The molecule has 20 heavy (non-hydrogen) atoms. The number of benzene rings is 1. The van der Waals surface area contributed by atoms with Crippen molar-refractivity contribution < 1.29 is 9.53 Å². The smallest absolute Gasteiger partial charge is 0.220 e. The average molecular weight is 272 g/mol. The average Bonchev–Trinajstić information content (AvgIpc) is 2.83. The zero-order valence-electron chi connectivity index (χ0n) is 11.8. The van der Waals surface area contributed by atoms with Gasteiger partial charge in [-0.2, -0.15) is 0 Å². The van der Waals surface area contributed by atoms with Crippen molar-refractivity contribution in [1.82, 2.24) is 10.2 Å². The summed E-state index contributed by atoms with van der Waals surface area (Å²) in [5.74, 6) is 1.04. The molecule has 1 spiro atoms. The fourth-order valence-corrected chi connectivity index (χ4v) is 3.37. The summed E-state index contributed by atoms with van der Waals surface area (Å²) in [5, 5.41) is 3.13. The fraction of sp³-hybridized carbons (Fsp3) is 0.438. The molecule has 2 aliphatic heterocycles. The summed E-state index contributed by atoms with van der Waals surface area (Å²) in [5.41, 5.74) is 1.18. The zero-order chi connectivity index (χ0) is 14.2. The van der Waals surface area contributed by atoms with Gasteiger partial charge in [0.1, 0.15) is 5.75 Å². The first-order valence-electron chi connectivity index (χ1n) is 6.97. The number of ether oxygens (including phenoxy) is 1. The quantitative estimate of drug-likeness (QED) is 0.849. The largest absolute Gasteiger partial charge is 0.497 e. The second kappa shape index (κ2) is 4.94. The van der Waals surface area contributed by atoms with E-state index in [1.165, 1.54) is 5.56 Å². The minimum absolute atomic E-state index is 0.0642. The number of amides is 1. The third kappa shape index (κ3) is 2.10. The molecule has 0 aliphatic carbocycles. The number of rotatable bonds is 4. The summed E-state index contributed by atoms with van der Waals surface area (Å²) in [7, 11) is 1.67. The van der Waals surface area contributed by atoms with Gasteiger partial charge in [0.15, 0.2) is 0 Å². The highest BCUT2D eigenvalue weighted by Crippen LogP contribution is 2.38. The lowest BCUT2D eigenvalue weighted by molar-refractivity contribution is -0.121. The van der Waals surface area contributed by atoms with E-state index in [1.54, 1.807) is 7.11 Å². The first kappa shape index (κ1) is 13.2. The van der Waals surface area contributed by atoms with Crippen molar-refractivity contribution >= 4 is 5.91 Å². The summed E-state index contributed by atoms with van der Waals surface area (Å²) in [6.45, 7) is 5.71. The monoisotopic (exact) mass is 272 g/mol. The number of nitrogens with one attached hydrogen (secondary N) is 1. The first-order valence-corrected chi connectivity index (χ1v) is 6.97. The molecule has 0 radical (unpaired) electrons. The summed E-state index contributed by atoms with van der Waals surface area (Å²) >= 11 is 0. The second-order valence-electron chi connectivity index (χ2n) is 5.64. The minimum Gasteiger partial charge on any atom is -0.497 e. The number of likely N-dealkylation sites (tertiary alicyclic amines) is 1. The van der Waals surface area contributed by atoms with Crippen LogP contribution in [0.5, 0.6) is 5.75 Å². The summed E-state index contributed by atoms with van der Waals surface area (Å²) in [6.07, 6.45) is 3.51. The van der Waals surface area contributed by atoms with E-state index in [0.717, 1.165) is 25.3 Å². The molecule has 2 unspecified atom stereocenters. The van der Waals surface area contributed by atoms with Crippen LogP contribution in [0, 0.1) is 0 Å². The highest BCUT2D eigenvalue weighted by molar-refractivity contribution is 5.80. The van der Waals surface area contributed by atoms with E-state index in [4.69, 9.17) is 4.74 Å². The van der Waals surface area contributed by atoms with E-state index < -0.39 is 0 Å². The molecule has 0 saturated carbocycles. The van der Waals surface area contributed by atoms with Gasteiger partial charge in [-0.3, -0.25) is 9.69 Å². The molecule has 2 atom stereocenters. The van der Waals surface area contributed by atoms with Crippen molar-refractivity contribution in [2.45, 2.75) is 31.0 Å². The highest BCUT2D eigenvalue weighted by atomic mass is 16.5. The molecule has 0 aromatic heterocycles. The number of carbonyl (C=O) groups is 1. The number of nitrogens with zero attached hydrogens (tertiary/aromatic N) is 1. The van der Waals surface area contributed by atoms with Gasteiger partial charge < -0.3 is 10.1 Å². The summed E-state index contributed by atoms with van der Waals surface area (Å²) < 4.78 is 5.17. The predicted octanol–water partition coefficient (Wildman–Crippen LogP) is 1.71. The van der Waals surface area contributed by atoms with Crippen LogP contribution in [0.15, 0.2) is 36.9 Å². The SMILES string of the molecule is C=CC1N(Cc2ccc(OC)cc2)CC12CCC(=O)N2. The maximum atomic E-state index is 11.5. The van der Waals surface area contributed by atoms with Crippen LogP contribution < -0.4 is 10.1 Å². The number of hydrogen-bond donors (Lipinski definition) is 1. The topological polar surface area (TPSA) is 41.6 Å². The molecular formula is C16H20N2O2. The molecule has 2 heterocycles. The third-order valence-corrected chi connectivity index (χ3v) is 4.40. The predicted molar refractivity (Wildman–Crippen MR) is 77.5 cm³/mol. The van der Waals surface area contributed by atoms with E-state index in [0.29, 0.717) is 6.42 Å². The Hall–Kier alpha value is -1.81. The molecule has 1 aromatic carbocycles. The molecule has 106 valence electrons. The molecule has 3 rings (SSSR count). The van der Waals surface area contributed by atoms with E-state index in [2.05, 4.69) is 28.9 Å². The van der Waals surface area contributed by atoms with Crippen molar-refractivity contribution in [1.29, 1.82) is 0 Å². The number of carbonyl (C=O) groups excluding carboxylic acids is 1. The standard InChI is InChI=1S/C16H20N2O2/c1-3-14-16(9-8-15(19)17-16)11-18(14)10-12-4-6-13(20-2)7-5-12/h3-7,14H,1,8-11H2,2H3,(H,17,19). The Morgan fingerprint density at radius 3 is 2.80 bits per heavy atom. The Bertz CT molecular complexity index is 526. The van der Waals surface area contributed by atoms with Crippen LogP contribution in [-0.4, -0.2) is 36.0 Å². The minimum atomic E-state index is -0.0642. The van der Waals surface area contributed by atoms with E-state index in [-0.39, 0.29) is 17.5 Å². The van der Waals surface area contributed by atoms with Crippen LogP contribution in [0.25, 0.3) is 0 Å². The molecule has 2 saturated heterocycles. The Labute approximate surface area is 119 Å². The highest BCUT2D eigenvalue weighted by Gasteiger charge is 2.54. The maximum absolute atomic E-state index is 11.5. The lowest BCUT2D eigenvalue weighted by Gasteiger charge is -2.54. The summed E-state index contributed by atoms with van der Waals surface area (Å²) in [4.78, 5) is 13.8. The van der Waals surface area contributed by atoms with Gasteiger partial charge in [-0.25, -0.2) is 0 Å². The van der Waals surface area contributed by atoms with E-state index in [1.807, 2.05) is 18.2 Å². The molecule has 2 fully saturated rings. The Balaban J connectivity index is 1.67. The van der Waals surface area contributed by atoms with Crippen LogP contribution in [0.3, 0.4) is 0 Å². The molecule has 0 bridgehead atoms. The van der Waals surface area contributed by atoms with Gasteiger partial charge >= 0.3 is 0 Å². The zero-order valence-corrected chi connectivity index (χ0v) is 11.8. The van der Waals surface area contributed by atoms with Crippen molar-refractivity contribution in [3.05, 3.63) is 42.5 Å². The van der Waals surface area contributed by atoms with Crippen LogP contribution in [0.1, 0.15) is 18.4 Å². The third-order valence-electron chi connectivity index (χ3n) is 4.40. The van der Waals surface area contributed by atoms with Crippen molar-refractivity contribution in [3.63, 3.8) is 0 Å². The van der Waals surface area contributed by atoms with Crippen molar-refractivity contribution in [3.8, 4) is 5.75 Å². The number of methoxy groups -OCH3 is 1. The molecule has 4 heteroatoms. The Morgan fingerprint density at radius 2 is 2.25 bits per heavy atom.